The molecule has 58 heavy (non-hydrogen) atoms. The molecule has 0 N–H and O–H groups in total. The van der Waals surface area contributed by atoms with Gasteiger partial charge in [0.15, 0.2) is 17.5 Å². The average molecular weight is 740 g/mol. The second-order valence-electron chi connectivity index (χ2n) is 14.6. The van der Waals surface area contributed by atoms with E-state index in [2.05, 4.69) is 115 Å². The van der Waals surface area contributed by atoms with E-state index in [1.165, 1.54) is 22.3 Å². The quantitative estimate of drug-likeness (QED) is 0.165. The first-order valence-electron chi connectivity index (χ1n) is 19.4. The number of aromatic nitrogens is 3. The van der Waals surface area contributed by atoms with Crippen LogP contribution in [-0.4, -0.2) is 15.0 Å². The second kappa shape index (κ2) is 13.4. The Labute approximate surface area is 337 Å². The summed E-state index contributed by atoms with van der Waals surface area (Å²) in [5.41, 5.74) is 14.3. The molecule has 1 aromatic heterocycles. The van der Waals surface area contributed by atoms with Crippen molar-refractivity contribution in [1.82, 2.24) is 15.0 Å². The smallest absolute Gasteiger partial charge is 0.164 e. The minimum atomic E-state index is -0.639. The highest BCUT2D eigenvalue weighted by Crippen LogP contribution is 2.64. The molecule has 1 spiro atoms. The fourth-order valence-corrected chi connectivity index (χ4v) is 9.03. The van der Waals surface area contributed by atoms with Gasteiger partial charge in [-0.3, -0.25) is 0 Å². The normalized spacial score (nSPS) is 12.7. The predicted octanol–water partition coefficient (Wildman–Crippen LogP) is 12.7. The van der Waals surface area contributed by atoms with Gasteiger partial charge in [-0.2, -0.15) is 0 Å². The van der Waals surface area contributed by atoms with E-state index in [1.54, 1.807) is 0 Å². The first-order valence-corrected chi connectivity index (χ1v) is 19.4. The molecule has 0 bridgehead atoms. The van der Waals surface area contributed by atoms with Crippen LogP contribution in [0.2, 0.25) is 0 Å². The molecule has 1 aliphatic carbocycles. The van der Waals surface area contributed by atoms with Crippen LogP contribution in [0.25, 0.3) is 67.5 Å². The first-order chi connectivity index (χ1) is 28.7. The number of para-hydroxylation sites is 2. The highest BCUT2D eigenvalue weighted by molar-refractivity contribution is 6.03. The largest absolute Gasteiger partial charge is 0.457 e. The van der Waals surface area contributed by atoms with Crippen molar-refractivity contribution in [3.8, 4) is 91.4 Å². The van der Waals surface area contributed by atoms with E-state index >= 15 is 0 Å². The lowest BCUT2D eigenvalue weighted by molar-refractivity contribution is 0.436. The third-order valence-corrected chi connectivity index (χ3v) is 11.5. The van der Waals surface area contributed by atoms with Crippen LogP contribution in [0, 0.1) is 12.3 Å². The van der Waals surface area contributed by atoms with Crippen molar-refractivity contribution in [2.45, 2.75) is 5.41 Å². The summed E-state index contributed by atoms with van der Waals surface area (Å²) in [5, 5.41) is 0. The second-order valence-corrected chi connectivity index (χ2v) is 14.6. The van der Waals surface area contributed by atoms with Gasteiger partial charge in [0.05, 0.1) is 5.41 Å². The summed E-state index contributed by atoms with van der Waals surface area (Å²) < 4.78 is 6.65. The van der Waals surface area contributed by atoms with Gasteiger partial charge in [0.1, 0.15) is 11.5 Å². The van der Waals surface area contributed by atoms with Crippen LogP contribution in [0.15, 0.2) is 194 Å². The van der Waals surface area contributed by atoms with Crippen molar-refractivity contribution in [2.24, 2.45) is 0 Å². The van der Waals surface area contributed by atoms with Gasteiger partial charge in [0.25, 0.3) is 0 Å². The van der Waals surface area contributed by atoms with Crippen molar-refractivity contribution >= 4 is 0 Å². The van der Waals surface area contributed by atoms with Gasteiger partial charge in [0.2, 0.25) is 0 Å². The zero-order chi connectivity index (χ0) is 38.6. The van der Waals surface area contributed by atoms with E-state index in [9.17, 15) is 0 Å². The predicted molar refractivity (Wildman–Crippen MR) is 232 cm³/mol. The van der Waals surface area contributed by atoms with Gasteiger partial charge in [-0.05, 0) is 62.7 Å². The number of ether oxygens (including phenoxy) is 1. The number of fused-ring (bicyclic) bond motifs is 9. The maximum Gasteiger partial charge on any atom is 0.164 e. The Kier molecular flexibility index (Phi) is 7.74. The Morgan fingerprint density at radius 1 is 0.362 bits per heavy atom. The molecule has 0 atom stereocenters. The van der Waals surface area contributed by atoms with Crippen molar-refractivity contribution in [3.63, 3.8) is 0 Å². The fourth-order valence-electron chi connectivity index (χ4n) is 9.03. The van der Waals surface area contributed by atoms with Crippen LogP contribution in [0.4, 0.5) is 0 Å². The molecule has 8 aromatic carbocycles. The third kappa shape index (κ3) is 5.08. The molecule has 9 aromatic rings. The number of hydrogen-bond acceptors (Lipinski definition) is 4. The molecule has 270 valence electrons. The highest BCUT2D eigenvalue weighted by Gasteiger charge is 2.52. The first kappa shape index (κ1) is 33.5. The molecule has 2 heterocycles. The van der Waals surface area contributed by atoms with E-state index in [1.807, 2.05) is 84.9 Å². The molecular formula is C54H33N3O. The van der Waals surface area contributed by atoms with E-state index in [4.69, 9.17) is 26.1 Å². The molecule has 4 nitrogen and oxygen atoms in total. The lowest BCUT2D eigenvalue weighted by atomic mass is 9.66. The van der Waals surface area contributed by atoms with Crippen molar-refractivity contribution in [1.29, 1.82) is 0 Å². The van der Waals surface area contributed by atoms with E-state index in [-0.39, 0.29) is 0 Å². The topological polar surface area (TPSA) is 47.9 Å². The average Bonchev–Trinajstić information content (AvgIpc) is 3.60. The Hall–Kier alpha value is -7.87. The Balaban J connectivity index is 1.14. The fraction of sp³-hybridized carbons (Fsp3) is 0.0185. The molecular weight excluding hydrogens is 707 g/mol. The zero-order valence-electron chi connectivity index (χ0n) is 31.3. The lowest BCUT2D eigenvalue weighted by Crippen LogP contribution is -2.32. The molecule has 0 amide bonds. The van der Waals surface area contributed by atoms with E-state index in [0.29, 0.717) is 17.5 Å². The number of nitrogens with zero attached hydrogens (tertiary/aromatic N) is 3. The van der Waals surface area contributed by atoms with Crippen molar-refractivity contribution in [2.75, 3.05) is 0 Å². The van der Waals surface area contributed by atoms with Crippen LogP contribution in [0.1, 0.15) is 27.8 Å². The monoisotopic (exact) mass is 739 g/mol. The van der Waals surface area contributed by atoms with Crippen LogP contribution in [0.3, 0.4) is 0 Å². The van der Waals surface area contributed by atoms with Gasteiger partial charge in [-0.15, -0.1) is 6.42 Å². The standard InChI is InChI=1S/C54H33N3O/c1-2-35-17-9-10-22-40(35)42-24-16-28-46-50(42)49-41(23-15-27-45(49)54(46)43-25-11-13-29-47(43)58-48-30-14-12-26-44(48)54)36-31-33-39(34-32-36)53-56-51(37-18-5-3-6-19-37)55-52(57-53)38-20-7-4-8-21-38/h1,3-34H. The molecule has 0 saturated heterocycles. The minimum absolute atomic E-state index is 0.616. The highest BCUT2D eigenvalue weighted by atomic mass is 16.5. The van der Waals surface area contributed by atoms with Gasteiger partial charge in [0, 0.05) is 33.4 Å². The molecule has 0 saturated carbocycles. The Bertz CT molecular complexity index is 2990. The van der Waals surface area contributed by atoms with Crippen LogP contribution < -0.4 is 4.74 Å². The molecule has 0 unspecified atom stereocenters. The van der Waals surface area contributed by atoms with E-state index < -0.39 is 5.41 Å². The minimum Gasteiger partial charge on any atom is -0.457 e. The number of rotatable bonds is 5. The summed E-state index contributed by atoms with van der Waals surface area (Å²) in [7, 11) is 0. The maximum atomic E-state index is 6.65. The van der Waals surface area contributed by atoms with Gasteiger partial charge < -0.3 is 4.74 Å². The summed E-state index contributed by atoms with van der Waals surface area (Å²) in [6.07, 6.45) is 6.18. The molecule has 11 rings (SSSR count). The van der Waals surface area contributed by atoms with Gasteiger partial charge >= 0.3 is 0 Å². The summed E-state index contributed by atoms with van der Waals surface area (Å²) >= 11 is 0. The third-order valence-electron chi connectivity index (χ3n) is 11.5. The van der Waals surface area contributed by atoms with Crippen LogP contribution in [-0.2, 0) is 5.41 Å². The van der Waals surface area contributed by atoms with Gasteiger partial charge in [-0.25, -0.2) is 15.0 Å². The Morgan fingerprint density at radius 3 is 1.34 bits per heavy atom. The summed E-state index contributed by atoms with van der Waals surface area (Å²) in [6.45, 7) is 0. The summed E-state index contributed by atoms with van der Waals surface area (Å²) in [5.74, 6) is 6.56. The number of hydrogen-bond donors (Lipinski definition) is 0. The maximum absolute atomic E-state index is 6.65. The summed E-state index contributed by atoms with van der Waals surface area (Å²) in [6, 6.07) is 67.3. The molecule has 0 fully saturated rings. The molecule has 2 aliphatic rings. The Morgan fingerprint density at radius 2 is 0.776 bits per heavy atom. The number of benzene rings is 8. The molecule has 4 heteroatoms. The number of terminal acetylenes is 1. The SMILES string of the molecule is C#Cc1ccccc1-c1cccc2c1-c1c(-c3ccc(-c4nc(-c5ccccc5)nc(-c5ccccc5)n4)cc3)cccc1C21c2ccccc2Oc2ccccc21. The van der Waals surface area contributed by atoms with Crippen molar-refractivity contribution < 1.29 is 4.74 Å². The van der Waals surface area contributed by atoms with Crippen molar-refractivity contribution in [3.05, 3.63) is 222 Å². The molecule has 0 radical (unpaired) electrons. The van der Waals surface area contributed by atoms with Gasteiger partial charge in [-0.1, -0.05) is 182 Å². The van der Waals surface area contributed by atoms with Crippen LogP contribution in [0.5, 0.6) is 11.5 Å². The summed E-state index contributed by atoms with van der Waals surface area (Å²) in [4.78, 5) is 14.9. The van der Waals surface area contributed by atoms with E-state index in [0.717, 1.165) is 67.1 Å². The van der Waals surface area contributed by atoms with Crippen LogP contribution >= 0.6 is 0 Å². The lowest BCUT2D eigenvalue weighted by Gasteiger charge is -2.39. The molecule has 1 aliphatic heterocycles. The zero-order valence-corrected chi connectivity index (χ0v) is 31.3.